The number of nitrogens with zero attached hydrogens (tertiary/aromatic N) is 5. The number of aromatic nitrogens is 5. The number of hydrogen-bond donors (Lipinski definition) is 1. The van der Waals surface area contributed by atoms with Crippen molar-refractivity contribution in [2.24, 2.45) is 0 Å². The topological polar surface area (TPSA) is 93.8 Å². The number of para-hydroxylation sites is 1. The van der Waals surface area contributed by atoms with Crippen molar-refractivity contribution in [2.75, 3.05) is 0 Å². The van der Waals surface area contributed by atoms with Crippen LogP contribution in [0.4, 0.5) is 0 Å². The van der Waals surface area contributed by atoms with Crippen LogP contribution in [0.1, 0.15) is 0 Å². The molecule has 2 aromatic heterocycles. The molecule has 2 heterocycles. The third kappa shape index (κ3) is 2.13. The predicted molar refractivity (Wildman–Crippen MR) is 66.2 cm³/mol. The van der Waals surface area contributed by atoms with Gasteiger partial charge in [0.15, 0.2) is 0 Å². The lowest BCUT2D eigenvalue weighted by Gasteiger charge is -2.02. The summed E-state index contributed by atoms with van der Waals surface area (Å²) in [5.41, 5.74) is 1.36. The molecule has 0 aliphatic heterocycles. The van der Waals surface area contributed by atoms with E-state index in [4.69, 9.17) is 5.11 Å². The second-order valence-electron chi connectivity index (χ2n) is 3.94. The first-order chi connectivity index (χ1) is 9.24. The summed E-state index contributed by atoms with van der Waals surface area (Å²) in [7, 11) is 0. The fourth-order valence-corrected chi connectivity index (χ4v) is 1.81. The normalized spacial score (nSPS) is 10.7. The van der Waals surface area contributed by atoms with Crippen LogP contribution in [0.5, 0.6) is 0 Å². The highest BCUT2D eigenvalue weighted by molar-refractivity contribution is 5.80. The van der Waals surface area contributed by atoms with Gasteiger partial charge in [-0.15, -0.1) is 5.10 Å². The van der Waals surface area contributed by atoms with Gasteiger partial charge in [-0.05, 0) is 22.6 Å². The highest BCUT2D eigenvalue weighted by atomic mass is 16.4. The molecular weight excluding hydrogens is 246 g/mol. The van der Waals surface area contributed by atoms with Crippen LogP contribution in [0.15, 0.2) is 36.4 Å². The number of tetrazole rings is 1. The molecule has 0 aliphatic carbocycles. The second kappa shape index (κ2) is 4.45. The summed E-state index contributed by atoms with van der Waals surface area (Å²) in [4.78, 5) is 15.2. The maximum absolute atomic E-state index is 10.7. The molecule has 19 heavy (non-hydrogen) atoms. The second-order valence-corrected chi connectivity index (χ2v) is 3.94. The van der Waals surface area contributed by atoms with Crippen LogP contribution < -0.4 is 0 Å². The SMILES string of the molecule is O=C(O)Cn1nnnc1-c1ccc2ccccc2n1. The first kappa shape index (κ1) is 11.3. The molecule has 0 spiro atoms. The minimum Gasteiger partial charge on any atom is -0.480 e. The van der Waals surface area contributed by atoms with Crippen LogP contribution in [-0.2, 0) is 11.3 Å². The van der Waals surface area contributed by atoms with Crippen molar-refractivity contribution in [1.82, 2.24) is 25.2 Å². The number of fused-ring (bicyclic) bond motifs is 1. The summed E-state index contributed by atoms with van der Waals surface area (Å²) in [5.74, 6) is -0.664. The van der Waals surface area contributed by atoms with Crippen molar-refractivity contribution in [3.05, 3.63) is 36.4 Å². The average Bonchev–Trinajstić information content (AvgIpc) is 2.85. The number of carbonyl (C=O) groups is 1. The summed E-state index contributed by atoms with van der Waals surface area (Å²) in [6.07, 6.45) is 0. The number of pyridine rings is 1. The van der Waals surface area contributed by atoms with E-state index in [-0.39, 0.29) is 6.54 Å². The van der Waals surface area contributed by atoms with Crippen molar-refractivity contribution < 1.29 is 9.90 Å². The first-order valence-corrected chi connectivity index (χ1v) is 5.58. The van der Waals surface area contributed by atoms with Gasteiger partial charge in [-0.25, -0.2) is 9.67 Å². The maximum atomic E-state index is 10.7. The molecule has 0 saturated heterocycles. The monoisotopic (exact) mass is 255 g/mol. The van der Waals surface area contributed by atoms with Crippen LogP contribution in [0.3, 0.4) is 0 Å². The third-order valence-electron chi connectivity index (χ3n) is 2.64. The Labute approximate surface area is 107 Å². The molecule has 0 atom stereocenters. The Morgan fingerprint density at radius 2 is 2.05 bits per heavy atom. The van der Waals surface area contributed by atoms with Gasteiger partial charge in [0.25, 0.3) is 0 Å². The number of benzene rings is 1. The molecule has 0 unspecified atom stereocenters. The van der Waals surface area contributed by atoms with Crippen molar-refractivity contribution in [2.45, 2.75) is 6.54 Å². The van der Waals surface area contributed by atoms with E-state index < -0.39 is 5.97 Å². The van der Waals surface area contributed by atoms with Gasteiger partial charge < -0.3 is 5.11 Å². The summed E-state index contributed by atoms with van der Waals surface area (Å²) in [5, 5.41) is 20.8. The lowest BCUT2D eigenvalue weighted by Crippen LogP contribution is -2.12. The zero-order chi connectivity index (χ0) is 13.2. The molecule has 3 rings (SSSR count). The molecule has 1 aromatic carbocycles. The Hall–Kier alpha value is -2.83. The summed E-state index contributed by atoms with van der Waals surface area (Å²) in [6.45, 7) is -0.295. The molecule has 1 N–H and O–H groups in total. The standard InChI is InChI=1S/C12H9N5O2/c18-11(19)7-17-12(14-15-16-17)10-6-5-8-3-1-2-4-9(8)13-10/h1-6H,7H2,(H,18,19). The molecule has 0 bridgehead atoms. The predicted octanol–water partition coefficient (Wildman–Crippen LogP) is 0.973. The van der Waals surface area contributed by atoms with Gasteiger partial charge in [0.1, 0.15) is 12.2 Å². The summed E-state index contributed by atoms with van der Waals surface area (Å²) >= 11 is 0. The van der Waals surface area contributed by atoms with Crippen LogP contribution in [0.25, 0.3) is 22.4 Å². The highest BCUT2D eigenvalue weighted by Crippen LogP contribution is 2.18. The van der Waals surface area contributed by atoms with Crippen LogP contribution >= 0.6 is 0 Å². The zero-order valence-corrected chi connectivity index (χ0v) is 9.76. The van der Waals surface area contributed by atoms with E-state index in [2.05, 4.69) is 20.5 Å². The van der Waals surface area contributed by atoms with E-state index in [1.54, 1.807) is 6.07 Å². The number of aliphatic carboxylic acids is 1. The molecule has 94 valence electrons. The zero-order valence-electron chi connectivity index (χ0n) is 9.76. The minimum absolute atomic E-state index is 0.295. The lowest BCUT2D eigenvalue weighted by molar-refractivity contribution is -0.137. The van der Waals surface area contributed by atoms with Gasteiger partial charge in [-0.2, -0.15) is 0 Å². The van der Waals surface area contributed by atoms with Gasteiger partial charge in [-0.3, -0.25) is 4.79 Å². The van der Waals surface area contributed by atoms with Gasteiger partial charge in [-0.1, -0.05) is 24.3 Å². The van der Waals surface area contributed by atoms with Crippen LogP contribution in [-0.4, -0.2) is 36.3 Å². The molecule has 0 amide bonds. The van der Waals surface area contributed by atoms with Gasteiger partial charge in [0, 0.05) is 5.39 Å². The maximum Gasteiger partial charge on any atom is 0.325 e. The first-order valence-electron chi connectivity index (χ1n) is 5.58. The number of hydrogen-bond acceptors (Lipinski definition) is 5. The van der Waals surface area contributed by atoms with Crippen molar-refractivity contribution >= 4 is 16.9 Å². The van der Waals surface area contributed by atoms with E-state index in [0.29, 0.717) is 11.5 Å². The highest BCUT2D eigenvalue weighted by Gasteiger charge is 2.13. The number of carboxylic acids is 1. The fourth-order valence-electron chi connectivity index (χ4n) is 1.81. The molecule has 0 fully saturated rings. The molecule has 3 aromatic rings. The smallest absolute Gasteiger partial charge is 0.325 e. The molecule has 0 radical (unpaired) electrons. The van der Waals surface area contributed by atoms with Gasteiger partial charge in [0.2, 0.25) is 5.82 Å². The summed E-state index contributed by atoms with van der Waals surface area (Å²) in [6, 6.07) is 11.3. The van der Waals surface area contributed by atoms with Crippen molar-refractivity contribution in [3.8, 4) is 11.5 Å². The summed E-state index contributed by atoms with van der Waals surface area (Å²) < 4.78 is 1.21. The Balaban J connectivity index is 2.09. The lowest BCUT2D eigenvalue weighted by atomic mass is 10.2. The molecular formula is C12H9N5O2. The quantitative estimate of drug-likeness (QED) is 0.749. The Bertz CT molecular complexity index is 752. The van der Waals surface area contributed by atoms with Gasteiger partial charge in [0.05, 0.1) is 5.52 Å². The molecule has 0 aliphatic rings. The Morgan fingerprint density at radius 3 is 2.89 bits per heavy atom. The van der Waals surface area contributed by atoms with E-state index in [9.17, 15) is 4.79 Å². The molecule has 0 saturated carbocycles. The van der Waals surface area contributed by atoms with E-state index in [0.717, 1.165) is 10.9 Å². The van der Waals surface area contributed by atoms with E-state index in [1.165, 1.54) is 4.68 Å². The third-order valence-corrected chi connectivity index (χ3v) is 2.64. The molecule has 7 heteroatoms. The Morgan fingerprint density at radius 1 is 1.21 bits per heavy atom. The minimum atomic E-state index is -1.01. The Kier molecular flexibility index (Phi) is 2.64. The van der Waals surface area contributed by atoms with E-state index in [1.807, 2.05) is 30.3 Å². The van der Waals surface area contributed by atoms with Crippen LogP contribution in [0.2, 0.25) is 0 Å². The largest absolute Gasteiger partial charge is 0.480 e. The van der Waals surface area contributed by atoms with Crippen molar-refractivity contribution in [1.29, 1.82) is 0 Å². The van der Waals surface area contributed by atoms with E-state index >= 15 is 0 Å². The van der Waals surface area contributed by atoms with Crippen molar-refractivity contribution in [3.63, 3.8) is 0 Å². The average molecular weight is 255 g/mol. The molecule has 7 nitrogen and oxygen atoms in total. The van der Waals surface area contributed by atoms with Gasteiger partial charge >= 0.3 is 5.97 Å². The van der Waals surface area contributed by atoms with Crippen LogP contribution in [0, 0.1) is 0 Å². The fraction of sp³-hybridized carbons (Fsp3) is 0.0833. The number of rotatable bonds is 3. The number of carboxylic acid groups (broad SMARTS) is 1.